The fourth-order valence-electron chi connectivity index (χ4n) is 3.91. The Balaban J connectivity index is 1.39. The molecule has 1 aromatic carbocycles. The first-order valence-corrected chi connectivity index (χ1v) is 11.3. The number of hydrogen-bond donors (Lipinski definition) is 2. The van der Waals surface area contributed by atoms with E-state index in [0.717, 1.165) is 23.1 Å². The molecule has 3 aromatic rings. The molecule has 0 spiro atoms. The van der Waals surface area contributed by atoms with E-state index in [4.69, 9.17) is 0 Å². The SMILES string of the molecule is Cc1cccc(CN2CCCn3nc(C(=O)NC(C)C(=O)NCc4ccncc4)cc3C2=O)c1. The van der Waals surface area contributed by atoms with Crippen LogP contribution >= 0.6 is 0 Å². The lowest BCUT2D eigenvalue weighted by Crippen LogP contribution is -2.44. The van der Waals surface area contributed by atoms with Crippen LogP contribution in [0.1, 0.15) is 51.0 Å². The standard InChI is InChI=1S/C25H28N6O3/c1-17-5-3-6-20(13-17)16-30-11-4-12-31-22(25(30)34)14-21(29-31)24(33)28-18(2)23(32)27-15-19-7-9-26-10-8-19/h3,5-10,13-14,18H,4,11-12,15-16H2,1-2H3,(H,27,32)(H,28,33). The van der Waals surface area contributed by atoms with Gasteiger partial charge in [-0.15, -0.1) is 0 Å². The van der Waals surface area contributed by atoms with Crippen molar-refractivity contribution >= 4 is 17.7 Å². The van der Waals surface area contributed by atoms with Gasteiger partial charge in [0, 0.05) is 44.6 Å². The second-order valence-electron chi connectivity index (χ2n) is 8.48. The van der Waals surface area contributed by atoms with Crippen molar-refractivity contribution in [2.24, 2.45) is 0 Å². The van der Waals surface area contributed by atoms with Gasteiger partial charge in [-0.3, -0.25) is 24.0 Å². The maximum absolute atomic E-state index is 13.2. The monoisotopic (exact) mass is 460 g/mol. The fourth-order valence-corrected chi connectivity index (χ4v) is 3.91. The Labute approximate surface area is 198 Å². The van der Waals surface area contributed by atoms with Crippen molar-refractivity contribution in [2.75, 3.05) is 6.54 Å². The van der Waals surface area contributed by atoms with Crippen molar-refractivity contribution in [1.82, 2.24) is 30.3 Å². The van der Waals surface area contributed by atoms with E-state index in [0.29, 0.717) is 31.9 Å². The zero-order chi connectivity index (χ0) is 24.1. The van der Waals surface area contributed by atoms with Gasteiger partial charge in [0.2, 0.25) is 5.91 Å². The van der Waals surface area contributed by atoms with E-state index in [-0.39, 0.29) is 17.5 Å². The Hall–Kier alpha value is -4.01. The van der Waals surface area contributed by atoms with Gasteiger partial charge in [0.25, 0.3) is 11.8 Å². The van der Waals surface area contributed by atoms with Crippen molar-refractivity contribution < 1.29 is 14.4 Å². The minimum atomic E-state index is -0.760. The highest BCUT2D eigenvalue weighted by atomic mass is 16.2. The van der Waals surface area contributed by atoms with E-state index in [2.05, 4.69) is 26.8 Å². The summed E-state index contributed by atoms with van der Waals surface area (Å²) < 4.78 is 1.58. The fraction of sp³-hybridized carbons (Fsp3) is 0.320. The van der Waals surface area contributed by atoms with Gasteiger partial charge in [-0.1, -0.05) is 29.8 Å². The van der Waals surface area contributed by atoms with Gasteiger partial charge in [-0.05, 0) is 43.5 Å². The number of carbonyl (C=O) groups is 3. The number of amides is 3. The first kappa shape index (κ1) is 23.2. The van der Waals surface area contributed by atoms with Gasteiger partial charge in [0.05, 0.1) is 0 Å². The minimum absolute atomic E-state index is 0.120. The van der Waals surface area contributed by atoms with E-state index in [1.54, 1.807) is 41.0 Å². The summed E-state index contributed by atoms with van der Waals surface area (Å²) in [5, 5.41) is 9.79. The predicted octanol–water partition coefficient (Wildman–Crippen LogP) is 2.07. The van der Waals surface area contributed by atoms with Crippen LogP contribution in [0.5, 0.6) is 0 Å². The van der Waals surface area contributed by atoms with Gasteiger partial charge >= 0.3 is 0 Å². The van der Waals surface area contributed by atoms with Crippen molar-refractivity contribution in [1.29, 1.82) is 0 Å². The molecule has 0 saturated heterocycles. The van der Waals surface area contributed by atoms with Crippen molar-refractivity contribution in [3.8, 4) is 0 Å². The van der Waals surface area contributed by atoms with Gasteiger partial charge in [-0.2, -0.15) is 5.10 Å². The number of nitrogens with one attached hydrogen (secondary N) is 2. The van der Waals surface area contributed by atoms with Crippen LogP contribution in [0.3, 0.4) is 0 Å². The molecule has 9 nitrogen and oxygen atoms in total. The summed E-state index contributed by atoms with van der Waals surface area (Å²) in [7, 11) is 0. The normalized spacial score (nSPS) is 14.2. The van der Waals surface area contributed by atoms with Gasteiger partial charge in [0.15, 0.2) is 5.69 Å². The van der Waals surface area contributed by atoms with E-state index in [1.165, 1.54) is 6.07 Å². The topological polar surface area (TPSA) is 109 Å². The van der Waals surface area contributed by atoms with Crippen molar-refractivity contribution in [3.63, 3.8) is 0 Å². The second-order valence-corrected chi connectivity index (χ2v) is 8.48. The highest BCUT2D eigenvalue weighted by molar-refractivity contribution is 5.99. The average Bonchev–Trinajstić information content (AvgIpc) is 3.20. The van der Waals surface area contributed by atoms with Crippen molar-refractivity contribution in [3.05, 3.63) is 82.9 Å². The zero-order valence-corrected chi connectivity index (χ0v) is 19.3. The molecular weight excluding hydrogens is 432 g/mol. The molecule has 1 aliphatic rings. The highest BCUT2D eigenvalue weighted by Gasteiger charge is 2.27. The molecule has 0 saturated carbocycles. The van der Waals surface area contributed by atoms with Crippen LogP contribution in [0.15, 0.2) is 54.9 Å². The molecule has 0 fully saturated rings. The number of nitrogens with zero attached hydrogens (tertiary/aromatic N) is 4. The summed E-state index contributed by atoms with van der Waals surface area (Å²) >= 11 is 0. The quantitative estimate of drug-likeness (QED) is 0.561. The number of rotatable bonds is 7. The van der Waals surface area contributed by atoms with Crippen LogP contribution in [-0.2, 0) is 24.4 Å². The number of aryl methyl sites for hydroxylation is 2. The van der Waals surface area contributed by atoms with Crippen LogP contribution in [0.4, 0.5) is 0 Å². The predicted molar refractivity (Wildman–Crippen MR) is 126 cm³/mol. The third-order valence-corrected chi connectivity index (χ3v) is 5.73. The minimum Gasteiger partial charge on any atom is -0.350 e. The molecule has 0 aliphatic carbocycles. The molecular formula is C25H28N6O3. The molecule has 3 amide bonds. The largest absolute Gasteiger partial charge is 0.350 e. The molecule has 1 aliphatic heterocycles. The lowest BCUT2D eigenvalue weighted by Gasteiger charge is -2.20. The molecule has 0 bridgehead atoms. The van der Waals surface area contributed by atoms with Gasteiger partial charge in [-0.25, -0.2) is 0 Å². The highest BCUT2D eigenvalue weighted by Crippen LogP contribution is 2.17. The van der Waals surface area contributed by atoms with Crippen LogP contribution in [0, 0.1) is 6.92 Å². The molecule has 2 aromatic heterocycles. The number of benzene rings is 1. The summed E-state index contributed by atoms with van der Waals surface area (Å²) in [6.07, 6.45) is 4.04. The second kappa shape index (κ2) is 10.3. The average molecular weight is 461 g/mol. The maximum atomic E-state index is 13.2. The Bertz CT molecular complexity index is 1190. The first-order valence-electron chi connectivity index (χ1n) is 11.3. The third kappa shape index (κ3) is 5.48. The summed E-state index contributed by atoms with van der Waals surface area (Å²) in [6.45, 7) is 5.63. The van der Waals surface area contributed by atoms with E-state index in [1.807, 2.05) is 25.1 Å². The zero-order valence-electron chi connectivity index (χ0n) is 19.3. The lowest BCUT2D eigenvalue weighted by atomic mass is 10.1. The summed E-state index contributed by atoms with van der Waals surface area (Å²) in [4.78, 5) is 44.0. The van der Waals surface area contributed by atoms with E-state index >= 15 is 0 Å². The molecule has 1 unspecified atom stereocenters. The number of hydrogen-bond acceptors (Lipinski definition) is 5. The van der Waals surface area contributed by atoms with Crippen molar-refractivity contribution in [2.45, 2.75) is 45.9 Å². The van der Waals surface area contributed by atoms with Crippen LogP contribution in [0.2, 0.25) is 0 Å². The summed E-state index contributed by atoms with van der Waals surface area (Å²) in [5.74, 6) is -0.967. The Morgan fingerprint density at radius 2 is 1.88 bits per heavy atom. The number of fused-ring (bicyclic) bond motifs is 1. The Morgan fingerprint density at radius 3 is 2.65 bits per heavy atom. The molecule has 0 radical (unpaired) electrons. The van der Waals surface area contributed by atoms with E-state index < -0.39 is 11.9 Å². The van der Waals surface area contributed by atoms with Crippen LogP contribution in [0.25, 0.3) is 0 Å². The molecule has 1 atom stereocenters. The smallest absolute Gasteiger partial charge is 0.272 e. The van der Waals surface area contributed by atoms with Crippen LogP contribution < -0.4 is 10.6 Å². The lowest BCUT2D eigenvalue weighted by molar-refractivity contribution is -0.122. The molecule has 4 rings (SSSR count). The third-order valence-electron chi connectivity index (χ3n) is 5.73. The molecule has 34 heavy (non-hydrogen) atoms. The molecule has 3 heterocycles. The summed E-state index contributed by atoms with van der Waals surface area (Å²) in [6, 6.07) is 12.4. The number of carbonyl (C=O) groups excluding carboxylic acids is 3. The number of pyridine rings is 1. The van der Waals surface area contributed by atoms with E-state index in [9.17, 15) is 14.4 Å². The number of aromatic nitrogens is 3. The first-order chi connectivity index (χ1) is 16.4. The molecule has 9 heteroatoms. The maximum Gasteiger partial charge on any atom is 0.272 e. The van der Waals surface area contributed by atoms with Gasteiger partial charge < -0.3 is 15.5 Å². The molecule has 176 valence electrons. The Morgan fingerprint density at radius 1 is 1.09 bits per heavy atom. The van der Waals surface area contributed by atoms with Crippen LogP contribution in [-0.4, -0.2) is 50.0 Å². The Kier molecular flexibility index (Phi) is 7.01. The molecule has 2 N–H and O–H groups in total. The van der Waals surface area contributed by atoms with Gasteiger partial charge in [0.1, 0.15) is 11.7 Å². The summed E-state index contributed by atoms with van der Waals surface area (Å²) in [5.41, 5.74) is 3.61.